The first-order chi connectivity index (χ1) is 9.70. The van der Waals surface area contributed by atoms with Gasteiger partial charge in [-0.15, -0.1) is 0 Å². The van der Waals surface area contributed by atoms with Crippen LogP contribution >= 0.6 is 0 Å². The number of hydrogen-bond donors (Lipinski definition) is 1. The second-order valence-corrected chi connectivity index (χ2v) is 6.59. The highest BCUT2D eigenvalue weighted by Gasteiger charge is 2.28. The largest absolute Gasteiger partial charge is 0.350 e. The van der Waals surface area contributed by atoms with Gasteiger partial charge in [-0.1, -0.05) is 38.0 Å². The lowest BCUT2D eigenvalue weighted by atomic mass is 9.73. The molecule has 3 unspecified atom stereocenters. The molecule has 2 nitrogen and oxygen atoms in total. The Kier molecular flexibility index (Phi) is 3.84. The zero-order chi connectivity index (χ0) is 14.1. The van der Waals surface area contributed by atoms with Crippen molar-refractivity contribution in [1.82, 2.24) is 4.57 Å². The molecule has 0 aliphatic heterocycles. The summed E-state index contributed by atoms with van der Waals surface area (Å²) in [4.78, 5) is 0. The van der Waals surface area contributed by atoms with Gasteiger partial charge in [0.2, 0.25) is 0 Å². The Bertz CT molecular complexity index is 584. The molecular weight excluding hydrogens is 244 g/mol. The molecule has 2 aromatic rings. The average Bonchev–Trinajstić information content (AvgIpc) is 2.78. The summed E-state index contributed by atoms with van der Waals surface area (Å²) in [7, 11) is 2.14. The van der Waals surface area contributed by atoms with Crippen molar-refractivity contribution < 1.29 is 0 Å². The molecule has 1 aromatic heterocycles. The van der Waals surface area contributed by atoms with Gasteiger partial charge >= 0.3 is 0 Å². The lowest BCUT2D eigenvalue weighted by Gasteiger charge is -2.32. The number of para-hydroxylation sites is 1. The van der Waals surface area contributed by atoms with Gasteiger partial charge in [0, 0.05) is 30.1 Å². The Labute approximate surface area is 122 Å². The monoisotopic (exact) mass is 270 g/mol. The van der Waals surface area contributed by atoms with Gasteiger partial charge in [0.05, 0.1) is 0 Å². The molecule has 0 amide bonds. The Hall–Kier alpha value is -1.28. The Morgan fingerprint density at radius 2 is 2.10 bits per heavy atom. The van der Waals surface area contributed by atoms with Crippen LogP contribution in [-0.2, 0) is 7.05 Å². The Balaban J connectivity index is 1.99. The molecule has 1 fully saturated rings. The highest BCUT2D eigenvalue weighted by atomic mass is 14.9. The number of aryl methyl sites for hydroxylation is 1. The maximum absolute atomic E-state index is 6.17. The predicted octanol–water partition coefficient (Wildman–Crippen LogP) is 4.05. The molecule has 0 spiro atoms. The Morgan fingerprint density at radius 3 is 2.85 bits per heavy atom. The Morgan fingerprint density at radius 1 is 1.30 bits per heavy atom. The molecule has 3 rings (SSSR count). The molecule has 2 N–H and O–H groups in total. The lowest BCUT2D eigenvalue weighted by molar-refractivity contribution is 0.248. The fourth-order valence-corrected chi connectivity index (χ4v) is 4.09. The van der Waals surface area contributed by atoms with E-state index in [0.29, 0.717) is 5.92 Å². The van der Waals surface area contributed by atoms with E-state index in [1.807, 2.05) is 0 Å². The lowest BCUT2D eigenvalue weighted by Crippen LogP contribution is -2.25. The van der Waals surface area contributed by atoms with E-state index in [0.717, 1.165) is 18.4 Å². The minimum Gasteiger partial charge on any atom is -0.350 e. The molecule has 1 saturated carbocycles. The number of benzene rings is 1. The molecule has 1 aliphatic carbocycles. The quantitative estimate of drug-likeness (QED) is 0.896. The van der Waals surface area contributed by atoms with Crippen LogP contribution in [0.3, 0.4) is 0 Å². The summed E-state index contributed by atoms with van der Waals surface area (Å²) in [6, 6.07) is 8.71. The van der Waals surface area contributed by atoms with Crippen LogP contribution in [-0.4, -0.2) is 11.1 Å². The van der Waals surface area contributed by atoms with Crippen LogP contribution in [0.2, 0.25) is 0 Å². The molecule has 3 atom stereocenters. The summed E-state index contributed by atoms with van der Waals surface area (Å²) in [6.45, 7) is 3.16. The summed E-state index contributed by atoms with van der Waals surface area (Å²) in [6.07, 6.45) is 7.75. The summed E-state index contributed by atoms with van der Waals surface area (Å²) >= 11 is 0. The fraction of sp³-hybridized carbons (Fsp3) is 0.556. The van der Waals surface area contributed by atoms with Crippen LogP contribution in [0.25, 0.3) is 10.9 Å². The van der Waals surface area contributed by atoms with Gasteiger partial charge < -0.3 is 10.3 Å². The fourth-order valence-electron chi connectivity index (χ4n) is 4.09. The van der Waals surface area contributed by atoms with Crippen molar-refractivity contribution in [2.75, 3.05) is 6.54 Å². The minimum atomic E-state index is 0.517. The molecular formula is C18H26N2. The van der Waals surface area contributed by atoms with Crippen LogP contribution in [0.15, 0.2) is 30.5 Å². The van der Waals surface area contributed by atoms with Crippen molar-refractivity contribution >= 4 is 10.9 Å². The van der Waals surface area contributed by atoms with Gasteiger partial charge in [-0.3, -0.25) is 0 Å². The third-order valence-electron chi connectivity index (χ3n) is 5.13. The van der Waals surface area contributed by atoms with E-state index in [2.05, 4.69) is 49.0 Å². The smallest absolute Gasteiger partial charge is 0.0480 e. The molecule has 1 aliphatic rings. The van der Waals surface area contributed by atoms with Crippen molar-refractivity contribution in [2.24, 2.45) is 24.6 Å². The van der Waals surface area contributed by atoms with Gasteiger partial charge in [0.15, 0.2) is 0 Å². The average molecular weight is 270 g/mol. The molecule has 0 bridgehead atoms. The van der Waals surface area contributed by atoms with E-state index in [4.69, 9.17) is 5.73 Å². The summed E-state index contributed by atoms with van der Waals surface area (Å²) in [5, 5.41) is 1.39. The number of fused-ring (bicyclic) bond motifs is 1. The second kappa shape index (κ2) is 5.61. The highest BCUT2D eigenvalue weighted by molar-refractivity contribution is 5.84. The molecule has 1 heterocycles. The SMILES string of the molecule is CC1CCCC(C(CN)c2cn(C)c3ccccc23)C1. The van der Waals surface area contributed by atoms with E-state index in [-0.39, 0.29) is 0 Å². The third-order valence-corrected chi connectivity index (χ3v) is 5.13. The normalized spacial score (nSPS) is 24.9. The van der Waals surface area contributed by atoms with Crippen LogP contribution in [0.4, 0.5) is 0 Å². The molecule has 0 radical (unpaired) electrons. The van der Waals surface area contributed by atoms with Crippen LogP contribution in [0.5, 0.6) is 0 Å². The van der Waals surface area contributed by atoms with Crippen molar-refractivity contribution in [2.45, 2.75) is 38.5 Å². The van der Waals surface area contributed by atoms with Crippen molar-refractivity contribution in [1.29, 1.82) is 0 Å². The van der Waals surface area contributed by atoms with Gasteiger partial charge in [-0.25, -0.2) is 0 Å². The van der Waals surface area contributed by atoms with Crippen LogP contribution in [0.1, 0.15) is 44.1 Å². The zero-order valence-corrected chi connectivity index (χ0v) is 12.7. The summed E-state index contributed by atoms with van der Waals surface area (Å²) in [5.41, 5.74) is 8.96. The second-order valence-electron chi connectivity index (χ2n) is 6.59. The zero-order valence-electron chi connectivity index (χ0n) is 12.7. The standard InChI is InChI=1S/C18H26N2/c1-13-6-5-7-14(10-13)16(11-19)17-12-20(2)18-9-4-3-8-15(17)18/h3-4,8-9,12-14,16H,5-7,10-11,19H2,1-2H3. The number of nitrogens with zero attached hydrogens (tertiary/aromatic N) is 1. The van der Waals surface area contributed by atoms with E-state index in [1.54, 1.807) is 0 Å². The van der Waals surface area contributed by atoms with E-state index < -0.39 is 0 Å². The maximum atomic E-state index is 6.17. The van der Waals surface area contributed by atoms with E-state index >= 15 is 0 Å². The minimum absolute atomic E-state index is 0.517. The van der Waals surface area contributed by atoms with E-state index in [1.165, 1.54) is 42.1 Å². The van der Waals surface area contributed by atoms with Crippen molar-refractivity contribution in [3.8, 4) is 0 Å². The number of nitrogens with two attached hydrogens (primary N) is 1. The molecule has 0 saturated heterocycles. The van der Waals surface area contributed by atoms with Gasteiger partial charge in [-0.2, -0.15) is 0 Å². The van der Waals surface area contributed by atoms with Crippen molar-refractivity contribution in [3.63, 3.8) is 0 Å². The van der Waals surface area contributed by atoms with Gasteiger partial charge in [0.25, 0.3) is 0 Å². The highest BCUT2D eigenvalue weighted by Crippen LogP contribution is 2.40. The predicted molar refractivity (Wildman–Crippen MR) is 85.8 cm³/mol. The van der Waals surface area contributed by atoms with E-state index in [9.17, 15) is 0 Å². The number of hydrogen-bond acceptors (Lipinski definition) is 1. The summed E-state index contributed by atoms with van der Waals surface area (Å²) < 4.78 is 2.25. The van der Waals surface area contributed by atoms with Crippen molar-refractivity contribution in [3.05, 3.63) is 36.0 Å². The third kappa shape index (κ3) is 2.37. The molecule has 108 valence electrons. The molecule has 1 aromatic carbocycles. The first kappa shape index (κ1) is 13.7. The summed E-state index contributed by atoms with van der Waals surface area (Å²) in [5.74, 6) is 2.14. The number of rotatable bonds is 3. The first-order valence-electron chi connectivity index (χ1n) is 7.94. The maximum Gasteiger partial charge on any atom is 0.0480 e. The van der Waals surface area contributed by atoms with Crippen LogP contribution < -0.4 is 5.73 Å². The van der Waals surface area contributed by atoms with Gasteiger partial charge in [0.1, 0.15) is 0 Å². The molecule has 20 heavy (non-hydrogen) atoms. The first-order valence-corrected chi connectivity index (χ1v) is 7.94. The molecule has 2 heteroatoms. The number of aromatic nitrogens is 1. The van der Waals surface area contributed by atoms with Gasteiger partial charge in [-0.05, 0) is 42.9 Å². The van der Waals surface area contributed by atoms with Crippen LogP contribution in [0, 0.1) is 11.8 Å². The topological polar surface area (TPSA) is 30.9 Å².